The molecule has 0 radical (unpaired) electrons. The topological polar surface area (TPSA) is 51.8 Å². The van der Waals surface area contributed by atoms with E-state index in [0.29, 0.717) is 5.82 Å². The number of hydrogen-bond donors (Lipinski definition) is 1. The Hall–Kier alpha value is -1.90. The van der Waals surface area contributed by atoms with Crippen molar-refractivity contribution >= 4 is 22.3 Å². The van der Waals surface area contributed by atoms with Crippen molar-refractivity contribution < 1.29 is 0 Å². The quantitative estimate of drug-likeness (QED) is 0.768. The maximum atomic E-state index is 5.75. The average molecular weight is 199 g/mol. The van der Waals surface area contributed by atoms with Gasteiger partial charge in [0.25, 0.3) is 0 Å². The van der Waals surface area contributed by atoms with Gasteiger partial charge in [0.2, 0.25) is 0 Å². The summed E-state index contributed by atoms with van der Waals surface area (Å²) >= 11 is 0. The van der Waals surface area contributed by atoms with Gasteiger partial charge in [-0.2, -0.15) is 0 Å². The lowest BCUT2D eigenvalue weighted by Crippen LogP contribution is -1.93. The van der Waals surface area contributed by atoms with Crippen LogP contribution in [-0.4, -0.2) is 9.97 Å². The molecule has 2 N–H and O–H groups in total. The van der Waals surface area contributed by atoms with E-state index in [2.05, 4.69) is 23.0 Å². The molecule has 0 unspecified atom stereocenters. The van der Waals surface area contributed by atoms with Crippen LogP contribution in [0.5, 0.6) is 0 Å². The highest BCUT2D eigenvalue weighted by atomic mass is 14.9. The van der Waals surface area contributed by atoms with Gasteiger partial charge in [-0.05, 0) is 37.1 Å². The van der Waals surface area contributed by atoms with Crippen LogP contribution in [0.1, 0.15) is 19.4 Å². The molecule has 3 heteroatoms. The second kappa shape index (κ2) is 3.69. The predicted molar refractivity (Wildman–Crippen MR) is 63.3 cm³/mol. The maximum Gasteiger partial charge on any atom is 0.134 e. The molecule has 0 spiro atoms. The molecule has 0 bridgehead atoms. The summed E-state index contributed by atoms with van der Waals surface area (Å²) in [7, 11) is 0. The maximum absolute atomic E-state index is 5.75. The summed E-state index contributed by atoms with van der Waals surface area (Å²) in [6.45, 7) is 4.10. The number of aromatic nitrogens is 2. The molecule has 1 aromatic heterocycles. The van der Waals surface area contributed by atoms with Crippen molar-refractivity contribution in [2.24, 2.45) is 0 Å². The summed E-state index contributed by atoms with van der Waals surface area (Å²) in [5.74, 6) is 0.532. The van der Waals surface area contributed by atoms with E-state index in [1.54, 1.807) is 0 Å². The number of anilines is 1. The summed E-state index contributed by atoms with van der Waals surface area (Å²) in [5.41, 5.74) is 9.04. The highest BCUT2D eigenvalue weighted by molar-refractivity contribution is 5.89. The minimum atomic E-state index is 0.532. The average Bonchev–Trinajstić information content (AvgIpc) is 2.28. The molecule has 15 heavy (non-hydrogen) atoms. The minimum Gasteiger partial charge on any atom is -0.383 e. The van der Waals surface area contributed by atoms with E-state index in [4.69, 9.17) is 5.73 Å². The molecule has 0 aliphatic carbocycles. The highest BCUT2D eigenvalue weighted by Gasteiger charge is 2.01. The molecule has 0 fully saturated rings. The number of rotatable bonds is 1. The van der Waals surface area contributed by atoms with Crippen molar-refractivity contribution in [3.63, 3.8) is 0 Å². The van der Waals surface area contributed by atoms with Gasteiger partial charge in [0.05, 0.1) is 5.52 Å². The molecule has 76 valence electrons. The van der Waals surface area contributed by atoms with Crippen LogP contribution in [0.2, 0.25) is 0 Å². The Balaban J connectivity index is 2.67. The Bertz CT molecular complexity index is 529. The van der Waals surface area contributed by atoms with Crippen molar-refractivity contribution in [2.75, 3.05) is 5.73 Å². The molecular formula is C12H13N3. The molecule has 1 aromatic carbocycles. The van der Waals surface area contributed by atoms with Crippen molar-refractivity contribution in [1.82, 2.24) is 9.97 Å². The number of nitrogens with two attached hydrogens (primary N) is 1. The molecule has 0 atom stereocenters. The first-order valence-electron chi connectivity index (χ1n) is 4.86. The molecule has 3 nitrogen and oxygen atoms in total. The lowest BCUT2D eigenvalue weighted by Gasteiger charge is -2.04. The summed E-state index contributed by atoms with van der Waals surface area (Å²) < 4.78 is 0. The van der Waals surface area contributed by atoms with Gasteiger partial charge >= 0.3 is 0 Å². The van der Waals surface area contributed by atoms with E-state index in [-0.39, 0.29) is 0 Å². The zero-order chi connectivity index (χ0) is 10.8. The number of nitrogen functional groups attached to an aromatic ring is 1. The zero-order valence-corrected chi connectivity index (χ0v) is 8.86. The fourth-order valence-electron chi connectivity index (χ4n) is 1.49. The van der Waals surface area contributed by atoms with Gasteiger partial charge in [-0.1, -0.05) is 12.1 Å². The SMILES string of the molecule is C/C=C(\C)c1ccc2c(N)ncnc2c1. The third kappa shape index (κ3) is 1.68. The second-order valence-corrected chi connectivity index (χ2v) is 3.46. The van der Waals surface area contributed by atoms with Crippen LogP contribution in [0, 0.1) is 0 Å². The van der Waals surface area contributed by atoms with E-state index >= 15 is 0 Å². The van der Waals surface area contributed by atoms with E-state index in [1.807, 2.05) is 25.1 Å². The fraction of sp³-hybridized carbons (Fsp3) is 0.167. The van der Waals surface area contributed by atoms with Crippen molar-refractivity contribution in [2.45, 2.75) is 13.8 Å². The number of fused-ring (bicyclic) bond motifs is 1. The first kappa shape index (κ1) is 9.65. The number of nitrogens with zero attached hydrogens (tertiary/aromatic N) is 2. The summed E-state index contributed by atoms with van der Waals surface area (Å²) in [5, 5.41) is 0.908. The molecule has 2 rings (SSSR count). The lowest BCUT2D eigenvalue weighted by molar-refractivity contribution is 1.23. The minimum absolute atomic E-state index is 0.532. The van der Waals surface area contributed by atoms with Gasteiger partial charge < -0.3 is 5.73 Å². The van der Waals surface area contributed by atoms with Crippen molar-refractivity contribution in [3.8, 4) is 0 Å². The first-order chi connectivity index (χ1) is 7.22. The molecule has 2 aromatic rings. The van der Waals surface area contributed by atoms with Crippen LogP contribution < -0.4 is 5.73 Å². The number of allylic oxidation sites excluding steroid dienone is 2. The Morgan fingerprint density at radius 3 is 2.87 bits per heavy atom. The van der Waals surface area contributed by atoms with E-state index < -0.39 is 0 Å². The van der Waals surface area contributed by atoms with Crippen LogP contribution in [0.15, 0.2) is 30.6 Å². The zero-order valence-electron chi connectivity index (χ0n) is 8.86. The van der Waals surface area contributed by atoms with Crippen LogP contribution in [-0.2, 0) is 0 Å². The van der Waals surface area contributed by atoms with Crippen LogP contribution in [0.4, 0.5) is 5.82 Å². The van der Waals surface area contributed by atoms with Gasteiger partial charge in [0, 0.05) is 5.39 Å². The molecule has 1 heterocycles. The van der Waals surface area contributed by atoms with Crippen molar-refractivity contribution in [1.29, 1.82) is 0 Å². The standard InChI is InChI=1S/C12H13N3/c1-3-8(2)9-4-5-10-11(6-9)14-7-15-12(10)13/h3-7H,1-2H3,(H2,13,14,15)/b8-3+. The third-order valence-corrected chi connectivity index (χ3v) is 2.56. The van der Waals surface area contributed by atoms with E-state index in [9.17, 15) is 0 Å². The van der Waals surface area contributed by atoms with Gasteiger partial charge in [-0.25, -0.2) is 9.97 Å². The predicted octanol–water partition coefficient (Wildman–Crippen LogP) is 2.64. The van der Waals surface area contributed by atoms with Crippen LogP contribution in [0.3, 0.4) is 0 Å². The number of benzene rings is 1. The van der Waals surface area contributed by atoms with Gasteiger partial charge in [0.15, 0.2) is 0 Å². The fourth-order valence-corrected chi connectivity index (χ4v) is 1.49. The summed E-state index contributed by atoms with van der Waals surface area (Å²) in [4.78, 5) is 8.16. The molecule has 0 aliphatic rings. The summed E-state index contributed by atoms with van der Waals surface area (Å²) in [6.07, 6.45) is 3.57. The Morgan fingerprint density at radius 2 is 2.13 bits per heavy atom. The molecule has 0 saturated carbocycles. The van der Waals surface area contributed by atoms with Crippen LogP contribution >= 0.6 is 0 Å². The van der Waals surface area contributed by atoms with Gasteiger partial charge in [-0.3, -0.25) is 0 Å². The van der Waals surface area contributed by atoms with Gasteiger partial charge in [-0.15, -0.1) is 0 Å². The Kier molecular flexibility index (Phi) is 2.37. The molecule has 0 aliphatic heterocycles. The monoisotopic (exact) mass is 199 g/mol. The van der Waals surface area contributed by atoms with E-state index in [1.165, 1.54) is 17.5 Å². The number of hydrogen-bond acceptors (Lipinski definition) is 3. The Labute approximate surface area is 88.7 Å². The third-order valence-electron chi connectivity index (χ3n) is 2.56. The van der Waals surface area contributed by atoms with E-state index in [0.717, 1.165) is 10.9 Å². The second-order valence-electron chi connectivity index (χ2n) is 3.46. The first-order valence-corrected chi connectivity index (χ1v) is 4.86. The molecule has 0 saturated heterocycles. The Morgan fingerprint density at radius 1 is 1.33 bits per heavy atom. The highest BCUT2D eigenvalue weighted by Crippen LogP contribution is 2.21. The smallest absolute Gasteiger partial charge is 0.134 e. The molecule has 0 amide bonds. The lowest BCUT2D eigenvalue weighted by atomic mass is 10.1. The van der Waals surface area contributed by atoms with Gasteiger partial charge in [0.1, 0.15) is 12.1 Å². The summed E-state index contributed by atoms with van der Waals surface area (Å²) in [6, 6.07) is 6.03. The van der Waals surface area contributed by atoms with Crippen LogP contribution in [0.25, 0.3) is 16.5 Å². The van der Waals surface area contributed by atoms with Crippen molar-refractivity contribution in [3.05, 3.63) is 36.2 Å². The molecular weight excluding hydrogens is 186 g/mol. The normalized spacial score (nSPS) is 12.0. The largest absolute Gasteiger partial charge is 0.383 e.